The molecule has 2 rings (SSSR count). The molecule has 0 spiro atoms. The minimum absolute atomic E-state index is 0.0557. The molecule has 0 aliphatic rings. The summed E-state index contributed by atoms with van der Waals surface area (Å²) in [5.74, 6) is -0.302. The Labute approximate surface area is 168 Å². The third-order valence-corrected chi connectivity index (χ3v) is 5.31. The van der Waals surface area contributed by atoms with E-state index in [9.17, 15) is 9.90 Å². The number of benzene rings is 2. The van der Waals surface area contributed by atoms with Gasteiger partial charge in [-0.3, -0.25) is 4.79 Å². The summed E-state index contributed by atoms with van der Waals surface area (Å²) in [5.41, 5.74) is 5.08. The first-order chi connectivity index (χ1) is 12.5. The van der Waals surface area contributed by atoms with Gasteiger partial charge in [0.1, 0.15) is 5.75 Å². The Hall–Kier alpha value is -2.44. The number of carbonyl (C=O) groups is 1. The second-order valence-electron chi connectivity index (χ2n) is 5.16. The molecule has 0 saturated carbocycles. The highest BCUT2D eigenvalue weighted by atomic mass is 79.9. The molecule has 2 aromatic rings. The fourth-order valence-corrected chi connectivity index (χ4v) is 2.73. The van der Waals surface area contributed by atoms with Gasteiger partial charge in [-0.15, -0.1) is 0 Å². The monoisotopic (exact) mass is 474 g/mol. The molecule has 0 atom stereocenters. The van der Waals surface area contributed by atoms with Gasteiger partial charge in [0, 0.05) is 20.1 Å². The summed E-state index contributed by atoms with van der Waals surface area (Å²) in [7, 11) is 0. The highest BCUT2D eigenvalue weighted by Crippen LogP contribution is 2.24. The number of nitrogens with zero attached hydrogens (tertiary/aromatic N) is 1. The quantitative estimate of drug-likeness (QED) is 0.332. The molecule has 0 aromatic heterocycles. The van der Waals surface area contributed by atoms with Gasteiger partial charge < -0.3 is 5.11 Å². The molecule has 6 heteroatoms. The number of allylic oxidation sites excluding steroid dienone is 4. The van der Waals surface area contributed by atoms with Gasteiger partial charge in [0.2, 0.25) is 0 Å². The maximum atomic E-state index is 12.1. The lowest BCUT2D eigenvalue weighted by molar-refractivity contribution is 0.0955. The van der Waals surface area contributed by atoms with E-state index in [1.54, 1.807) is 48.6 Å². The lowest BCUT2D eigenvalue weighted by atomic mass is 10.0. The van der Waals surface area contributed by atoms with Crippen LogP contribution in [-0.4, -0.2) is 17.2 Å². The van der Waals surface area contributed by atoms with Crippen molar-refractivity contribution in [3.8, 4) is 5.75 Å². The van der Waals surface area contributed by atoms with Gasteiger partial charge >= 0.3 is 0 Å². The number of rotatable bonds is 6. The number of halogens is 2. The standard InChI is InChI=1S/C20H16Br2N2O2/c1-3-5-13(4-2)14-7-9-19(25)16(10-14)12-23-24-20(26)15-6-8-17(21)18(22)11-15/h3-12,25H,1-2H2,(H,24,26)/b13-5+,23-12+. The van der Waals surface area contributed by atoms with E-state index in [-0.39, 0.29) is 11.7 Å². The second-order valence-corrected chi connectivity index (χ2v) is 6.87. The summed E-state index contributed by atoms with van der Waals surface area (Å²) >= 11 is 6.70. The van der Waals surface area contributed by atoms with Crippen LogP contribution < -0.4 is 5.43 Å². The Morgan fingerprint density at radius 1 is 1.08 bits per heavy atom. The Morgan fingerprint density at radius 3 is 2.46 bits per heavy atom. The van der Waals surface area contributed by atoms with Crippen LogP contribution in [0.3, 0.4) is 0 Å². The number of phenolic OH excluding ortho intramolecular Hbond substituents is 1. The van der Waals surface area contributed by atoms with E-state index in [0.29, 0.717) is 11.1 Å². The zero-order valence-electron chi connectivity index (χ0n) is 13.7. The molecule has 0 fully saturated rings. The fraction of sp³-hybridized carbons (Fsp3) is 0. The van der Waals surface area contributed by atoms with Crippen molar-refractivity contribution in [2.75, 3.05) is 0 Å². The smallest absolute Gasteiger partial charge is 0.271 e. The van der Waals surface area contributed by atoms with E-state index in [1.165, 1.54) is 6.21 Å². The van der Waals surface area contributed by atoms with Gasteiger partial charge in [0.25, 0.3) is 5.91 Å². The molecule has 0 heterocycles. The van der Waals surface area contributed by atoms with Crippen molar-refractivity contribution in [1.82, 2.24) is 5.43 Å². The van der Waals surface area contributed by atoms with Crippen LogP contribution in [0, 0.1) is 0 Å². The Bertz CT molecular complexity index is 918. The molecule has 132 valence electrons. The van der Waals surface area contributed by atoms with Crippen LogP contribution in [0.25, 0.3) is 5.57 Å². The van der Waals surface area contributed by atoms with Gasteiger partial charge in [0.15, 0.2) is 0 Å². The number of nitrogens with one attached hydrogen (secondary N) is 1. The van der Waals surface area contributed by atoms with Crippen molar-refractivity contribution in [1.29, 1.82) is 0 Å². The molecule has 0 aliphatic heterocycles. The first kappa shape index (κ1) is 19.9. The summed E-state index contributed by atoms with van der Waals surface area (Å²) in [6, 6.07) is 10.2. The molecule has 0 unspecified atom stereocenters. The predicted molar refractivity (Wildman–Crippen MR) is 113 cm³/mol. The predicted octanol–water partition coefficient (Wildman–Crippen LogP) is 5.44. The maximum absolute atomic E-state index is 12.1. The van der Waals surface area contributed by atoms with Crippen molar-refractivity contribution < 1.29 is 9.90 Å². The number of aromatic hydroxyl groups is 1. The maximum Gasteiger partial charge on any atom is 0.271 e. The summed E-state index contributed by atoms with van der Waals surface area (Å²) in [4.78, 5) is 12.1. The number of hydrogen-bond donors (Lipinski definition) is 2. The number of hydrogen-bond acceptors (Lipinski definition) is 3. The lowest BCUT2D eigenvalue weighted by Gasteiger charge is -2.06. The minimum Gasteiger partial charge on any atom is -0.507 e. The molecular formula is C20H16Br2N2O2. The Balaban J connectivity index is 2.18. The fourth-order valence-electron chi connectivity index (χ4n) is 2.11. The number of carbonyl (C=O) groups excluding carboxylic acids is 1. The van der Waals surface area contributed by atoms with Crippen LogP contribution in [0.2, 0.25) is 0 Å². The molecule has 2 aromatic carbocycles. The van der Waals surface area contributed by atoms with E-state index in [1.807, 2.05) is 6.08 Å². The van der Waals surface area contributed by atoms with E-state index in [0.717, 1.165) is 20.1 Å². The third kappa shape index (κ3) is 5.03. The van der Waals surface area contributed by atoms with E-state index in [2.05, 4.69) is 55.5 Å². The molecule has 1 amide bonds. The van der Waals surface area contributed by atoms with Crippen molar-refractivity contribution in [2.24, 2.45) is 5.10 Å². The number of hydrazone groups is 1. The summed E-state index contributed by atoms with van der Waals surface area (Å²) in [5, 5.41) is 13.9. The van der Waals surface area contributed by atoms with Crippen LogP contribution in [-0.2, 0) is 0 Å². The topological polar surface area (TPSA) is 61.7 Å². The highest BCUT2D eigenvalue weighted by Gasteiger charge is 2.07. The van der Waals surface area contributed by atoms with E-state index in [4.69, 9.17) is 0 Å². The van der Waals surface area contributed by atoms with Crippen molar-refractivity contribution in [3.63, 3.8) is 0 Å². The molecule has 0 radical (unpaired) electrons. The third-order valence-electron chi connectivity index (χ3n) is 3.43. The van der Waals surface area contributed by atoms with Gasteiger partial charge in [-0.1, -0.05) is 37.5 Å². The molecular weight excluding hydrogens is 460 g/mol. The Kier molecular flexibility index (Phi) is 7.12. The lowest BCUT2D eigenvalue weighted by Crippen LogP contribution is -2.17. The number of amides is 1. The summed E-state index contributed by atoms with van der Waals surface area (Å²) < 4.78 is 1.62. The molecule has 4 nitrogen and oxygen atoms in total. The summed E-state index contributed by atoms with van der Waals surface area (Å²) in [6.45, 7) is 7.43. The number of phenols is 1. The van der Waals surface area contributed by atoms with E-state index < -0.39 is 0 Å². The van der Waals surface area contributed by atoms with Crippen LogP contribution in [0.15, 0.2) is 81.8 Å². The van der Waals surface area contributed by atoms with Gasteiger partial charge in [-0.05, 0) is 73.3 Å². The second kappa shape index (κ2) is 9.31. The molecule has 26 heavy (non-hydrogen) atoms. The van der Waals surface area contributed by atoms with Crippen LogP contribution >= 0.6 is 31.9 Å². The van der Waals surface area contributed by atoms with Crippen molar-refractivity contribution in [3.05, 3.63) is 93.4 Å². The zero-order chi connectivity index (χ0) is 19.1. The van der Waals surface area contributed by atoms with Crippen LogP contribution in [0.5, 0.6) is 5.75 Å². The molecule has 0 aliphatic carbocycles. The van der Waals surface area contributed by atoms with Crippen LogP contribution in [0.1, 0.15) is 21.5 Å². The molecule has 0 bridgehead atoms. The van der Waals surface area contributed by atoms with Gasteiger partial charge in [-0.2, -0.15) is 5.10 Å². The minimum atomic E-state index is -0.358. The summed E-state index contributed by atoms with van der Waals surface area (Å²) in [6.07, 6.45) is 6.56. The van der Waals surface area contributed by atoms with Crippen molar-refractivity contribution >= 4 is 49.6 Å². The van der Waals surface area contributed by atoms with E-state index >= 15 is 0 Å². The normalized spacial score (nSPS) is 11.4. The SMILES string of the molecule is C=C/C=C(\C=C)c1ccc(O)c(/C=N/NC(=O)c2ccc(Br)c(Br)c2)c1. The average molecular weight is 476 g/mol. The van der Waals surface area contributed by atoms with Crippen molar-refractivity contribution in [2.45, 2.75) is 0 Å². The Morgan fingerprint density at radius 2 is 1.81 bits per heavy atom. The van der Waals surface area contributed by atoms with Gasteiger partial charge in [0.05, 0.1) is 6.21 Å². The first-order valence-corrected chi connectivity index (χ1v) is 9.12. The van der Waals surface area contributed by atoms with Crippen LogP contribution in [0.4, 0.5) is 0 Å². The largest absolute Gasteiger partial charge is 0.507 e. The highest BCUT2D eigenvalue weighted by molar-refractivity contribution is 9.13. The van der Waals surface area contributed by atoms with Gasteiger partial charge in [-0.25, -0.2) is 5.43 Å². The average Bonchev–Trinajstić information content (AvgIpc) is 2.63. The zero-order valence-corrected chi connectivity index (χ0v) is 16.9. The first-order valence-electron chi connectivity index (χ1n) is 7.53. The molecule has 2 N–H and O–H groups in total. The molecule has 0 saturated heterocycles.